The summed E-state index contributed by atoms with van der Waals surface area (Å²) in [5, 5.41) is 4.35. The molecule has 0 aliphatic carbocycles. The Morgan fingerprint density at radius 3 is 2.64 bits per heavy atom. The number of hydrogen-bond donors (Lipinski definition) is 1. The van der Waals surface area contributed by atoms with E-state index in [2.05, 4.69) is 29.6 Å². The summed E-state index contributed by atoms with van der Waals surface area (Å²) in [7, 11) is 1.71. The molecule has 28 heavy (non-hydrogen) atoms. The Morgan fingerprint density at radius 2 is 1.86 bits per heavy atom. The quantitative estimate of drug-likeness (QED) is 0.623. The molecule has 1 aliphatic heterocycles. The molecular formula is C24H24ClNO2. The third-order valence-corrected chi connectivity index (χ3v) is 5.42. The van der Waals surface area contributed by atoms with Gasteiger partial charge >= 0.3 is 0 Å². The number of ether oxygens (including phenoxy) is 2. The number of fused-ring (bicyclic) bond motifs is 1. The van der Waals surface area contributed by atoms with Crippen LogP contribution in [0.15, 0.2) is 60.7 Å². The van der Waals surface area contributed by atoms with E-state index in [-0.39, 0.29) is 6.04 Å². The molecule has 4 heteroatoms. The first kappa shape index (κ1) is 18.9. The van der Waals surface area contributed by atoms with Gasteiger partial charge in [0.1, 0.15) is 18.1 Å². The molecule has 144 valence electrons. The average molecular weight is 394 g/mol. The van der Waals surface area contributed by atoms with E-state index in [9.17, 15) is 0 Å². The number of methoxy groups -OCH3 is 1. The lowest BCUT2D eigenvalue weighted by Crippen LogP contribution is -2.31. The fraction of sp³-hybridized carbons (Fsp3) is 0.250. The number of halogens is 1. The number of aryl methyl sites for hydroxylation is 1. The van der Waals surface area contributed by atoms with E-state index in [1.54, 1.807) is 7.11 Å². The van der Waals surface area contributed by atoms with Gasteiger partial charge in [-0.1, -0.05) is 48.0 Å². The summed E-state index contributed by atoms with van der Waals surface area (Å²) in [4.78, 5) is 0. The number of hydrogen-bond acceptors (Lipinski definition) is 3. The van der Waals surface area contributed by atoms with Crippen molar-refractivity contribution in [2.24, 2.45) is 0 Å². The van der Waals surface area contributed by atoms with Gasteiger partial charge in [0.05, 0.1) is 13.2 Å². The number of rotatable bonds is 5. The molecule has 1 aliphatic rings. The second kappa shape index (κ2) is 8.26. The van der Waals surface area contributed by atoms with Crippen molar-refractivity contribution >= 4 is 11.6 Å². The SMILES string of the molecule is COc1c(C)cc(Cl)cc1C1NCCc2cc(OCc3ccccc3)ccc21. The molecule has 4 rings (SSSR count). The first-order valence-electron chi connectivity index (χ1n) is 9.52. The molecule has 1 N–H and O–H groups in total. The Hall–Kier alpha value is -2.49. The van der Waals surface area contributed by atoms with Crippen LogP contribution in [0.3, 0.4) is 0 Å². The topological polar surface area (TPSA) is 30.5 Å². The molecule has 1 heterocycles. The standard InChI is InChI=1S/C24H24ClNO2/c1-16-12-19(25)14-22(24(16)27-2)23-21-9-8-20(13-18(21)10-11-26-23)28-15-17-6-4-3-5-7-17/h3-9,12-14,23,26H,10-11,15H2,1-2H3. The number of benzene rings is 3. The van der Waals surface area contributed by atoms with Crippen molar-refractivity contribution in [3.8, 4) is 11.5 Å². The maximum absolute atomic E-state index is 6.35. The highest BCUT2D eigenvalue weighted by Crippen LogP contribution is 2.38. The minimum absolute atomic E-state index is 0.0549. The predicted octanol–water partition coefficient (Wildman–Crippen LogP) is 5.47. The van der Waals surface area contributed by atoms with Crippen LogP contribution in [0.5, 0.6) is 11.5 Å². The third kappa shape index (κ3) is 3.87. The second-order valence-corrected chi connectivity index (χ2v) is 7.55. The van der Waals surface area contributed by atoms with Crippen LogP contribution >= 0.6 is 11.6 Å². The van der Waals surface area contributed by atoms with E-state index in [0.717, 1.165) is 40.6 Å². The van der Waals surface area contributed by atoms with Crippen molar-refractivity contribution < 1.29 is 9.47 Å². The zero-order valence-electron chi connectivity index (χ0n) is 16.2. The molecule has 0 saturated carbocycles. The van der Waals surface area contributed by atoms with Crippen LogP contribution in [-0.4, -0.2) is 13.7 Å². The fourth-order valence-electron chi connectivity index (χ4n) is 3.90. The van der Waals surface area contributed by atoms with E-state index >= 15 is 0 Å². The molecule has 0 saturated heterocycles. The highest BCUT2D eigenvalue weighted by Gasteiger charge is 2.25. The monoisotopic (exact) mass is 393 g/mol. The molecule has 1 unspecified atom stereocenters. The van der Waals surface area contributed by atoms with E-state index in [1.807, 2.05) is 43.3 Å². The van der Waals surface area contributed by atoms with Crippen molar-refractivity contribution in [3.63, 3.8) is 0 Å². The van der Waals surface area contributed by atoms with Crippen LogP contribution < -0.4 is 14.8 Å². The predicted molar refractivity (Wildman–Crippen MR) is 114 cm³/mol. The molecular weight excluding hydrogens is 370 g/mol. The van der Waals surface area contributed by atoms with Crippen LogP contribution in [0.2, 0.25) is 5.02 Å². The molecule has 0 radical (unpaired) electrons. The van der Waals surface area contributed by atoms with Gasteiger partial charge in [-0.3, -0.25) is 0 Å². The summed E-state index contributed by atoms with van der Waals surface area (Å²) in [5.41, 5.74) is 5.83. The van der Waals surface area contributed by atoms with Gasteiger partial charge in [0.15, 0.2) is 0 Å². The summed E-state index contributed by atoms with van der Waals surface area (Å²) < 4.78 is 11.7. The van der Waals surface area contributed by atoms with Crippen molar-refractivity contribution in [2.45, 2.75) is 26.0 Å². The third-order valence-electron chi connectivity index (χ3n) is 5.20. The Morgan fingerprint density at radius 1 is 1.04 bits per heavy atom. The van der Waals surface area contributed by atoms with Gasteiger partial charge in [-0.15, -0.1) is 0 Å². The summed E-state index contributed by atoms with van der Waals surface area (Å²) in [6.07, 6.45) is 0.968. The van der Waals surface area contributed by atoms with E-state index < -0.39 is 0 Å². The first-order chi connectivity index (χ1) is 13.7. The lowest BCUT2D eigenvalue weighted by molar-refractivity contribution is 0.305. The second-order valence-electron chi connectivity index (χ2n) is 7.12. The minimum atomic E-state index is 0.0549. The molecule has 0 fully saturated rings. The van der Waals surface area contributed by atoms with Crippen molar-refractivity contribution in [1.82, 2.24) is 5.32 Å². The number of nitrogens with one attached hydrogen (secondary N) is 1. The van der Waals surface area contributed by atoms with Gasteiger partial charge in [0, 0.05) is 17.1 Å². The molecule has 0 amide bonds. The van der Waals surface area contributed by atoms with Crippen molar-refractivity contribution in [2.75, 3.05) is 13.7 Å². The first-order valence-corrected chi connectivity index (χ1v) is 9.90. The van der Waals surface area contributed by atoms with Crippen LogP contribution in [0.25, 0.3) is 0 Å². The smallest absolute Gasteiger partial charge is 0.126 e. The van der Waals surface area contributed by atoms with Gasteiger partial charge in [-0.2, -0.15) is 0 Å². The summed E-state index contributed by atoms with van der Waals surface area (Å²) in [6, 6.07) is 20.6. The molecule has 3 nitrogen and oxygen atoms in total. The normalized spacial score (nSPS) is 15.8. The molecule has 0 aromatic heterocycles. The van der Waals surface area contributed by atoms with Crippen LogP contribution in [0.1, 0.15) is 33.9 Å². The highest BCUT2D eigenvalue weighted by molar-refractivity contribution is 6.30. The molecule has 1 atom stereocenters. The molecule has 3 aromatic carbocycles. The Kier molecular flexibility index (Phi) is 5.56. The maximum Gasteiger partial charge on any atom is 0.126 e. The fourth-order valence-corrected chi connectivity index (χ4v) is 4.18. The maximum atomic E-state index is 6.35. The highest BCUT2D eigenvalue weighted by atomic mass is 35.5. The lowest BCUT2D eigenvalue weighted by Gasteiger charge is -2.29. The Bertz CT molecular complexity index is 972. The lowest BCUT2D eigenvalue weighted by atomic mass is 9.88. The average Bonchev–Trinajstić information content (AvgIpc) is 2.72. The van der Waals surface area contributed by atoms with Gasteiger partial charge < -0.3 is 14.8 Å². The van der Waals surface area contributed by atoms with Crippen LogP contribution in [0, 0.1) is 6.92 Å². The Balaban J connectivity index is 1.62. The van der Waals surface area contributed by atoms with Gasteiger partial charge in [-0.25, -0.2) is 0 Å². The van der Waals surface area contributed by atoms with E-state index in [0.29, 0.717) is 6.61 Å². The summed E-state index contributed by atoms with van der Waals surface area (Å²) >= 11 is 6.35. The zero-order chi connectivity index (χ0) is 19.5. The van der Waals surface area contributed by atoms with Crippen LogP contribution in [-0.2, 0) is 13.0 Å². The Labute approximate surface area is 171 Å². The molecule has 3 aromatic rings. The van der Waals surface area contributed by atoms with Gasteiger partial charge in [0.2, 0.25) is 0 Å². The zero-order valence-corrected chi connectivity index (χ0v) is 16.9. The molecule has 0 bridgehead atoms. The van der Waals surface area contributed by atoms with Crippen molar-refractivity contribution in [3.05, 3.63) is 93.5 Å². The van der Waals surface area contributed by atoms with Crippen molar-refractivity contribution in [1.29, 1.82) is 0 Å². The van der Waals surface area contributed by atoms with Gasteiger partial charge in [-0.05, 0) is 59.9 Å². The van der Waals surface area contributed by atoms with E-state index in [4.69, 9.17) is 21.1 Å². The molecule has 0 spiro atoms. The summed E-state index contributed by atoms with van der Waals surface area (Å²) in [5.74, 6) is 1.79. The van der Waals surface area contributed by atoms with E-state index in [1.165, 1.54) is 16.7 Å². The van der Waals surface area contributed by atoms with Crippen LogP contribution in [0.4, 0.5) is 0 Å². The van der Waals surface area contributed by atoms with Gasteiger partial charge in [0.25, 0.3) is 0 Å². The largest absolute Gasteiger partial charge is 0.496 e. The summed E-state index contributed by atoms with van der Waals surface area (Å²) in [6.45, 7) is 3.50. The minimum Gasteiger partial charge on any atom is -0.496 e.